The van der Waals surface area contributed by atoms with E-state index in [2.05, 4.69) is 27.4 Å². The van der Waals surface area contributed by atoms with Gasteiger partial charge < -0.3 is 14.5 Å². The number of rotatable bonds is 9. The van der Waals surface area contributed by atoms with E-state index >= 15 is 0 Å². The van der Waals surface area contributed by atoms with E-state index in [1.54, 1.807) is 12.1 Å². The molecule has 2 heterocycles. The summed E-state index contributed by atoms with van der Waals surface area (Å²) in [6, 6.07) is 13.2. The Kier molecular flexibility index (Phi) is 8.43. The fourth-order valence-corrected chi connectivity index (χ4v) is 3.43. The molecule has 0 bridgehead atoms. The van der Waals surface area contributed by atoms with Gasteiger partial charge in [-0.2, -0.15) is 0 Å². The first-order valence-electron chi connectivity index (χ1n) is 10.3. The van der Waals surface area contributed by atoms with Crippen molar-refractivity contribution >= 4 is 11.9 Å². The van der Waals surface area contributed by atoms with Crippen LogP contribution in [-0.4, -0.2) is 67.2 Å². The zero-order valence-electron chi connectivity index (χ0n) is 17.4. The zero-order chi connectivity index (χ0) is 21.2. The third-order valence-corrected chi connectivity index (χ3v) is 5.08. The smallest absolute Gasteiger partial charge is 0.321 e. The number of nitrogens with zero attached hydrogens (tertiary/aromatic N) is 2. The lowest BCUT2D eigenvalue weighted by Crippen LogP contribution is -2.50. The molecular weight excluding hydrogens is 384 g/mol. The first-order valence-corrected chi connectivity index (χ1v) is 10.3. The molecule has 1 aliphatic rings. The van der Waals surface area contributed by atoms with Crippen LogP contribution in [0.25, 0.3) is 0 Å². The van der Waals surface area contributed by atoms with Crippen LogP contribution in [0.2, 0.25) is 0 Å². The average Bonchev–Trinajstić information content (AvgIpc) is 3.27. The highest BCUT2D eigenvalue weighted by Gasteiger charge is 2.22. The number of imide groups is 1. The third kappa shape index (κ3) is 7.29. The summed E-state index contributed by atoms with van der Waals surface area (Å²) in [7, 11) is 0. The van der Waals surface area contributed by atoms with Crippen molar-refractivity contribution in [3.63, 3.8) is 0 Å². The first kappa shape index (κ1) is 22.0. The van der Waals surface area contributed by atoms with Gasteiger partial charge >= 0.3 is 6.03 Å². The number of hydrogen-bond acceptors (Lipinski definition) is 6. The minimum absolute atomic E-state index is 0.134. The number of benzene rings is 1. The Labute approximate surface area is 177 Å². The van der Waals surface area contributed by atoms with Crippen molar-refractivity contribution in [1.82, 2.24) is 20.4 Å². The fraction of sp³-hybridized carbons (Fsp3) is 0.455. The molecule has 1 aromatic heterocycles. The molecule has 162 valence electrons. The molecule has 0 saturated carbocycles. The highest BCUT2D eigenvalue weighted by atomic mass is 16.5. The Bertz CT molecular complexity index is 776. The summed E-state index contributed by atoms with van der Waals surface area (Å²) in [4.78, 5) is 29.0. The molecule has 2 N–H and O–H groups in total. The number of furan rings is 1. The molecule has 1 unspecified atom stereocenters. The number of amides is 3. The molecule has 0 radical (unpaired) electrons. The monoisotopic (exact) mass is 414 g/mol. The van der Waals surface area contributed by atoms with E-state index in [1.807, 2.05) is 30.3 Å². The van der Waals surface area contributed by atoms with Crippen molar-refractivity contribution in [2.24, 2.45) is 0 Å². The number of urea groups is 1. The van der Waals surface area contributed by atoms with Gasteiger partial charge in [0.1, 0.15) is 5.76 Å². The lowest BCUT2D eigenvalue weighted by atomic mass is 10.1. The second-order valence-electron chi connectivity index (χ2n) is 7.46. The molecule has 1 aromatic carbocycles. The van der Waals surface area contributed by atoms with Crippen LogP contribution in [0, 0.1) is 0 Å². The zero-order valence-corrected chi connectivity index (χ0v) is 17.4. The standard InChI is InChI=1S/C22H30N4O4/c1-18(15-25-9-12-29-13-10-25)26(16-19-6-3-2-4-7-19)17-21(27)24-22(28)23-14-20-8-5-11-30-20/h2-8,11,18H,9-10,12-17H2,1H3,(H2,23,24,27,28). The van der Waals surface area contributed by atoms with E-state index < -0.39 is 6.03 Å². The van der Waals surface area contributed by atoms with Crippen molar-refractivity contribution in [3.05, 3.63) is 60.1 Å². The normalized spacial score (nSPS) is 15.7. The van der Waals surface area contributed by atoms with Crippen molar-refractivity contribution < 1.29 is 18.7 Å². The van der Waals surface area contributed by atoms with Gasteiger partial charge in [-0.15, -0.1) is 0 Å². The van der Waals surface area contributed by atoms with E-state index in [-0.39, 0.29) is 25.0 Å². The Balaban J connectivity index is 1.54. The highest BCUT2D eigenvalue weighted by Crippen LogP contribution is 2.10. The number of carbonyl (C=O) groups is 2. The molecule has 0 spiro atoms. The first-order chi connectivity index (χ1) is 14.6. The predicted octanol–water partition coefficient (Wildman–Crippen LogP) is 1.83. The Morgan fingerprint density at radius 2 is 1.90 bits per heavy atom. The van der Waals surface area contributed by atoms with Gasteiger partial charge in [0, 0.05) is 32.2 Å². The number of morpholine rings is 1. The summed E-state index contributed by atoms with van der Waals surface area (Å²) in [6.45, 7) is 7.21. The lowest BCUT2D eigenvalue weighted by Gasteiger charge is -2.34. The molecule has 1 atom stereocenters. The van der Waals surface area contributed by atoms with Crippen LogP contribution in [0.5, 0.6) is 0 Å². The molecule has 1 saturated heterocycles. The summed E-state index contributed by atoms with van der Waals surface area (Å²) in [5.74, 6) is 0.291. The molecule has 3 amide bonds. The van der Waals surface area contributed by atoms with Gasteiger partial charge in [0.05, 0.1) is 32.6 Å². The van der Waals surface area contributed by atoms with Crippen LogP contribution in [-0.2, 0) is 22.6 Å². The maximum Gasteiger partial charge on any atom is 0.321 e. The summed E-state index contributed by atoms with van der Waals surface area (Å²) in [6.07, 6.45) is 1.54. The van der Waals surface area contributed by atoms with Crippen molar-refractivity contribution in [2.45, 2.75) is 26.1 Å². The number of nitrogens with one attached hydrogen (secondary N) is 2. The Hall–Kier alpha value is -2.68. The van der Waals surface area contributed by atoms with Crippen LogP contribution in [0.3, 0.4) is 0 Å². The van der Waals surface area contributed by atoms with Crippen LogP contribution < -0.4 is 10.6 Å². The summed E-state index contributed by atoms with van der Waals surface area (Å²) < 4.78 is 10.6. The summed E-state index contributed by atoms with van der Waals surface area (Å²) in [5.41, 5.74) is 1.13. The predicted molar refractivity (Wildman–Crippen MR) is 113 cm³/mol. The molecule has 3 rings (SSSR count). The van der Waals surface area contributed by atoms with Gasteiger partial charge in [0.25, 0.3) is 0 Å². The summed E-state index contributed by atoms with van der Waals surface area (Å²) in [5, 5.41) is 5.04. The van der Waals surface area contributed by atoms with Gasteiger partial charge in [0.2, 0.25) is 5.91 Å². The van der Waals surface area contributed by atoms with Gasteiger partial charge in [-0.1, -0.05) is 30.3 Å². The Morgan fingerprint density at radius 1 is 1.13 bits per heavy atom. The summed E-state index contributed by atoms with van der Waals surface area (Å²) >= 11 is 0. The number of ether oxygens (including phenoxy) is 1. The third-order valence-electron chi connectivity index (χ3n) is 5.08. The molecular formula is C22H30N4O4. The minimum Gasteiger partial charge on any atom is -0.467 e. The van der Waals surface area contributed by atoms with Crippen LogP contribution in [0.4, 0.5) is 4.79 Å². The quantitative estimate of drug-likeness (QED) is 0.651. The molecule has 8 heteroatoms. The topological polar surface area (TPSA) is 87.0 Å². The van der Waals surface area contributed by atoms with Gasteiger partial charge in [-0.3, -0.25) is 19.9 Å². The number of hydrogen-bond donors (Lipinski definition) is 2. The molecule has 8 nitrogen and oxygen atoms in total. The van der Waals surface area contributed by atoms with Gasteiger partial charge in [-0.25, -0.2) is 4.79 Å². The van der Waals surface area contributed by atoms with E-state index in [4.69, 9.17) is 9.15 Å². The highest BCUT2D eigenvalue weighted by molar-refractivity contribution is 5.95. The second-order valence-corrected chi connectivity index (χ2v) is 7.46. The molecule has 30 heavy (non-hydrogen) atoms. The molecule has 1 aliphatic heterocycles. The second kappa shape index (κ2) is 11.5. The largest absolute Gasteiger partial charge is 0.467 e. The van der Waals surface area contributed by atoms with Crippen molar-refractivity contribution in [3.8, 4) is 0 Å². The molecule has 0 aliphatic carbocycles. The van der Waals surface area contributed by atoms with Gasteiger partial charge in [-0.05, 0) is 24.6 Å². The SMILES string of the molecule is CC(CN1CCOCC1)N(CC(=O)NC(=O)NCc1ccco1)Cc1ccccc1. The van der Waals surface area contributed by atoms with Crippen LogP contribution in [0.15, 0.2) is 53.1 Å². The van der Waals surface area contributed by atoms with Crippen molar-refractivity contribution in [2.75, 3.05) is 39.4 Å². The van der Waals surface area contributed by atoms with E-state index in [1.165, 1.54) is 6.26 Å². The lowest BCUT2D eigenvalue weighted by molar-refractivity contribution is -0.122. The van der Waals surface area contributed by atoms with Gasteiger partial charge in [0.15, 0.2) is 0 Å². The average molecular weight is 415 g/mol. The minimum atomic E-state index is -0.531. The molecule has 2 aromatic rings. The maximum atomic E-state index is 12.5. The van der Waals surface area contributed by atoms with Crippen LogP contribution in [0.1, 0.15) is 18.2 Å². The maximum absolute atomic E-state index is 12.5. The number of carbonyl (C=O) groups excluding carboxylic acids is 2. The molecule has 1 fully saturated rings. The Morgan fingerprint density at radius 3 is 2.60 bits per heavy atom. The van der Waals surface area contributed by atoms with E-state index in [9.17, 15) is 9.59 Å². The van der Waals surface area contributed by atoms with E-state index in [0.717, 1.165) is 38.4 Å². The van der Waals surface area contributed by atoms with E-state index in [0.29, 0.717) is 12.3 Å². The fourth-order valence-electron chi connectivity index (χ4n) is 3.43. The van der Waals surface area contributed by atoms with Crippen molar-refractivity contribution in [1.29, 1.82) is 0 Å². The van der Waals surface area contributed by atoms with Crippen LogP contribution >= 0.6 is 0 Å².